The molecular weight excluding hydrogens is 389 g/mol. The highest BCUT2D eigenvalue weighted by Crippen LogP contribution is 2.25. The zero-order chi connectivity index (χ0) is 20.6. The Labute approximate surface area is 176 Å². The number of nitrogens with zero attached hydrogens (tertiary/aromatic N) is 1. The van der Waals surface area contributed by atoms with Gasteiger partial charge in [-0.05, 0) is 74.3 Å². The summed E-state index contributed by atoms with van der Waals surface area (Å²) in [6.07, 6.45) is 4.25. The Morgan fingerprint density at radius 2 is 1.97 bits per heavy atom. The number of hydrogen-bond donors (Lipinski definition) is 2. The summed E-state index contributed by atoms with van der Waals surface area (Å²) in [4.78, 5) is 14.5. The van der Waals surface area contributed by atoms with Crippen molar-refractivity contribution in [2.24, 2.45) is 0 Å². The number of nitrogens with one attached hydrogen (secondary N) is 2. The summed E-state index contributed by atoms with van der Waals surface area (Å²) in [5, 5.41) is 5.60. The van der Waals surface area contributed by atoms with Gasteiger partial charge in [-0.1, -0.05) is 13.0 Å². The molecule has 2 aromatic carbocycles. The Morgan fingerprint density at radius 3 is 2.69 bits per heavy atom. The first-order chi connectivity index (χ1) is 14.1. The topological polar surface area (TPSA) is 53.6 Å². The molecule has 1 fully saturated rings. The largest absolute Gasteiger partial charge is 0.494 e. The summed E-state index contributed by atoms with van der Waals surface area (Å²) in [6, 6.07) is 11.8. The first-order valence-electron chi connectivity index (χ1n) is 9.96. The van der Waals surface area contributed by atoms with Gasteiger partial charge in [-0.3, -0.25) is 10.1 Å². The maximum Gasteiger partial charge on any atom is 0.257 e. The number of benzene rings is 2. The number of anilines is 2. The molecule has 2 aromatic rings. The Kier molecular flexibility index (Phi) is 7.41. The van der Waals surface area contributed by atoms with Gasteiger partial charge in [-0.15, -0.1) is 0 Å². The molecule has 7 heteroatoms. The SMILES string of the molecule is CCCOc1cccc(C(=O)NC(=S)Nc2ccc(N3CCCCC3)c(F)c2)c1. The molecule has 0 aliphatic carbocycles. The molecule has 154 valence electrons. The van der Waals surface area contributed by atoms with Gasteiger partial charge in [0.25, 0.3) is 5.91 Å². The summed E-state index contributed by atoms with van der Waals surface area (Å²) >= 11 is 5.21. The molecule has 0 saturated carbocycles. The number of hydrogen-bond acceptors (Lipinski definition) is 4. The molecule has 0 aromatic heterocycles. The predicted octanol–water partition coefficient (Wildman–Crippen LogP) is 4.73. The fourth-order valence-corrected chi connectivity index (χ4v) is 3.47. The fraction of sp³-hybridized carbons (Fsp3) is 0.364. The van der Waals surface area contributed by atoms with Crippen LogP contribution in [0.1, 0.15) is 43.0 Å². The van der Waals surface area contributed by atoms with Crippen LogP contribution in [-0.4, -0.2) is 30.7 Å². The summed E-state index contributed by atoms with van der Waals surface area (Å²) in [7, 11) is 0. The van der Waals surface area contributed by atoms with Crippen molar-refractivity contribution in [3.63, 3.8) is 0 Å². The normalized spacial score (nSPS) is 13.7. The molecule has 0 unspecified atom stereocenters. The van der Waals surface area contributed by atoms with E-state index < -0.39 is 0 Å². The monoisotopic (exact) mass is 415 g/mol. The molecule has 2 N–H and O–H groups in total. The molecular formula is C22H26FN3O2S. The van der Waals surface area contributed by atoms with E-state index in [-0.39, 0.29) is 16.8 Å². The van der Waals surface area contributed by atoms with Crippen LogP contribution in [0.5, 0.6) is 5.75 Å². The number of thiocarbonyl (C=S) groups is 1. The maximum absolute atomic E-state index is 14.5. The average molecular weight is 416 g/mol. The van der Waals surface area contributed by atoms with E-state index in [1.54, 1.807) is 36.4 Å². The van der Waals surface area contributed by atoms with Crippen LogP contribution >= 0.6 is 12.2 Å². The van der Waals surface area contributed by atoms with E-state index in [4.69, 9.17) is 17.0 Å². The van der Waals surface area contributed by atoms with Crippen LogP contribution in [0.15, 0.2) is 42.5 Å². The van der Waals surface area contributed by atoms with Crippen LogP contribution < -0.4 is 20.3 Å². The van der Waals surface area contributed by atoms with E-state index in [2.05, 4.69) is 15.5 Å². The number of carbonyl (C=O) groups excluding carboxylic acids is 1. The number of halogens is 1. The Hall–Kier alpha value is -2.67. The molecule has 29 heavy (non-hydrogen) atoms. The Bertz CT molecular complexity index is 869. The minimum Gasteiger partial charge on any atom is -0.494 e. The number of carbonyl (C=O) groups is 1. The molecule has 0 radical (unpaired) electrons. The summed E-state index contributed by atoms with van der Waals surface area (Å²) < 4.78 is 20.1. The van der Waals surface area contributed by atoms with E-state index in [9.17, 15) is 9.18 Å². The van der Waals surface area contributed by atoms with Gasteiger partial charge in [0.1, 0.15) is 11.6 Å². The third-order valence-electron chi connectivity index (χ3n) is 4.70. The van der Waals surface area contributed by atoms with E-state index in [1.807, 2.05) is 6.92 Å². The molecule has 1 aliphatic heterocycles. The smallest absolute Gasteiger partial charge is 0.257 e. The second kappa shape index (κ2) is 10.2. The standard InChI is InChI=1S/C22H26FN3O2S/c1-2-13-28-18-8-6-7-16(14-18)21(27)25-22(29)24-17-9-10-20(19(23)15-17)26-11-4-3-5-12-26/h6-10,14-15H,2-5,11-13H2,1H3,(H2,24,25,27,29). The maximum atomic E-state index is 14.5. The van der Waals surface area contributed by atoms with Crippen molar-refractivity contribution in [2.75, 3.05) is 29.9 Å². The average Bonchev–Trinajstić information content (AvgIpc) is 2.73. The van der Waals surface area contributed by atoms with Gasteiger partial charge in [0.05, 0.1) is 12.3 Å². The lowest BCUT2D eigenvalue weighted by Gasteiger charge is -2.29. The van der Waals surface area contributed by atoms with E-state index >= 15 is 0 Å². The molecule has 1 aliphatic rings. The summed E-state index contributed by atoms with van der Waals surface area (Å²) in [5.74, 6) is -0.0181. The molecule has 5 nitrogen and oxygen atoms in total. The van der Waals surface area contributed by atoms with Crippen molar-refractivity contribution in [3.05, 3.63) is 53.8 Å². The first kappa shape index (κ1) is 21.0. The number of ether oxygens (including phenoxy) is 1. The molecule has 0 atom stereocenters. The summed E-state index contributed by atoms with van der Waals surface area (Å²) in [6.45, 7) is 4.35. The highest BCUT2D eigenvalue weighted by molar-refractivity contribution is 7.80. The van der Waals surface area contributed by atoms with Crippen LogP contribution in [0.4, 0.5) is 15.8 Å². The van der Waals surface area contributed by atoms with Crippen molar-refractivity contribution in [2.45, 2.75) is 32.6 Å². The van der Waals surface area contributed by atoms with Crippen molar-refractivity contribution in [1.29, 1.82) is 0 Å². The highest BCUT2D eigenvalue weighted by Gasteiger charge is 2.15. The van der Waals surface area contributed by atoms with Crippen LogP contribution in [0.3, 0.4) is 0 Å². The first-order valence-corrected chi connectivity index (χ1v) is 10.4. The van der Waals surface area contributed by atoms with Crippen LogP contribution in [0.25, 0.3) is 0 Å². The lowest BCUT2D eigenvalue weighted by atomic mass is 10.1. The number of rotatable bonds is 6. The van der Waals surface area contributed by atoms with Gasteiger partial charge < -0.3 is 15.0 Å². The van der Waals surface area contributed by atoms with Crippen LogP contribution in [0, 0.1) is 5.82 Å². The highest BCUT2D eigenvalue weighted by atomic mass is 32.1. The van der Waals surface area contributed by atoms with E-state index in [1.165, 1.54) is 12.5 Å². The number of amides is 1. The molecule has 1 saturated heterocycles. The zero-order valence-corrected chi connectivity index (χ0v) is 17.4. The minimum absolute atomic E-state index is 0.111. The predicted molar refractivity (Wildman–Crippen MR) is 118 cm³/mol. The van der Waals surface area contributed by atoms with E-state index in [0.717, 1.165) is 32.4 Å². The molecule has 0 bridgehead atoms. The second-order valence-electron chi connectivity index (χ2n) is 7.00. The Balaban J connectivity index is 1.59. The van der Waals surface area contributed by atoms with Crippen molar-refractivity contribution in [1.82, 2.24) is 5.32 Å². The summed E-state index contributed by atoms with van der Waals surface area (Å²) in [5.41, 5.74) is 1.54. The lowest BCUT2D eigenvalue weighted by molar-refractivity contribution is 0.0977. The molecule has 3 rings (SSSR count). The number of piperidine rings is 1. The van der Waals surface area contributed by atoms with Crippen LogP contribution in [0.2, 0.25) is 0 Å². The van der Waals surface area contributed by atoms with E-state index in [0.29, 0.717) is 29.3 Å². The van der Waals surface area contributed by atoms with Gasteiger partial charge in [-0.2, -0.15) is 0 Å². The lowest BCUT2D eigenvalue weighted by Crippen LogP contribution is -2.34. The molecule has 0 spiro atoms. The van der Waals surface area contributed by atoms with Crippen molar-refractivity contribution < 1.29 is 13.9 Å². The van der Waals surface area contributed by atoms with Crippen LogP contribution in [-0.2, 0) is 0 Å². The Morgan fingerprint density at radius 1 is 1.17 bits per heavy atom. The van der Waals surface area contributed by atoms with Crippen molar-refractivity contribution in [3.8, 4) is 5.75 Å². The second-order valence-corrected chi connectivity index (χ2v) is 7.41. The zero-order valence-electron chi connectivity index (χ0n) is 16.5. The van der Waals surface area contributed by atoms with Gasteiger partial charge >= 0.3 is 0 Å². The van der Waals surface area contributed by atoms with Gasteiger partial charge in [-0.25, -0.2) is 4.39 Å². The molecule has 1 amide bonds. The van der Waals surface area contributed by atoms with Gasteiger partial charge in [0.15, 0.2) is 5.11 Å². The minimum atomic E-state index is -0.352. The van der Waals surface area contributed by atoms with Gasteiger partial charge in [0.2, 0.25) is 0 Å². The van der Waals surface area contributed by atoms with Crippen molar-refractivity contribution >= 4 is 34.6 Å². The molecule has 1 heterocycles. The third-order valence-corrected chi connectivity index (χ3v) is 4.90. The quantitative estimate of drug-likeness (QED) is 0.668. The third kappa shape index (κ3) is 5.90. The fourth-order valence-electron chi connectivity index (χ4n) is 3.26. The van der Waals surface area contributed by atoms with Gasteiger partial charge in [0, 0.05) is 24.3 Å².